The predicted octanol–water partition coefficient (Wildman–Crippen LogP) is 4.09. The minimum Gasteiger partial charge on any atom is -0.329 e. The number of nitrogens with two attached hydrogens (primary N) is 1. The monoisotopic (exact) mass is 256 g/mol. The van der Waals surface area contributed by atoms with Crippen molar-refractivity contribution in [1.82, 2.24) is 5.32 Å². The van der Waals surface area contributed by atoms with Gasteiger partial charge in [-0.1, -0.05) is 65.2 Å². The maximum atomic E-state index is 5.43. The van der Waals surface area contributed by atoms with Gasteiger partial charge in [0.2, 0.25) is 0 Å². The molecule has 2 nitrogen and oxygen atoms in total. The summed E-state index contributed by atoms with van der Waals surface area (Å²) in [5.74, 6) is 0.903. The number of hydrogen-bond donors (Lipinski definition) is 2. The number of unbranched alkanes of at least 4 members (excludes halogenated alkanes) is 6. The lowest BCUT2D eigenvalue weighted by Crippen LogP contribution is -2.23. The van der Waals surface area contributed by atoms with Crippen LogP contribution in [0, 0.1) is 5.92 Å². The Morgan fingerprint density at radius 1 is 0.833 bits per heavy atom. The maximum absolute atomic E-state index is 5.43. The summed E-state index contributed by atoms with van der Waals surface area (Å²) in [4.78, 5) is 0. The van der Waals surface area contributed by atoms with E-state index in [1.807, 2.05) is 0 Å². The first-order valence-electron chi connectivity index (χ1n) is 8.22. The van der Waals surface area contributed by atoms with Crippen LogP contribution in [0.5, 0.6) is 0 Å². The van der Waals surface area contributed by atoms with Crippen molar-refractivity contribution in [1.29, 1.82) is 0 Å². The van der Waals surface area contributed by atoms with E-state index in [1.165, 1.54) is 64.2 Å². The normalized spacial score (nSPS) is 12.8. The molecular weight excluding hydrogens is 220 g/mol. The van der Waals surface area contributed by atoms with E-state index in [-0.39, 0.29) is 0 Å². The van der Waals surface area contributed by atoms with Crippen LogP contribution >= 0.6 is 0 Å². The molecule has 0 fully saturated rings. The highest BCUT2D eigenvalue weighted by Gasteiger charge is 2.01. The Balaban J connectivity index is 3.09. The Labute approximate surface area is 115 Å². The van der Waals surface area contributed by atoms with E-state index in [0.717, 1.165) is 25.6 Å². The van der Waals surface area contributed by atoms with Crippen molar-refractivity contribution in [2.24, 2.45) is 11.7 Å². The average Bonchev–Trinajstić information content (AvgIpc) is 2.37. The van der Waals surface area contributed by atoms with Crippen molar-refractivity contribution < 1.29 is 0 Å². The Bertz CT molecular complexity index is 148. The van der Waals surface area contributed by atoms with E-state index in [4.69, 9.17) is 5.73 Å². The van der Waals surface area contributed by atoms with E-state index in [2.05, 4.69) is 19.2 Å². The Morgan fingerprint density at radius 3 is 2.11 bits per heavy atom. The smallest absolute Gasteiger partial charge is 0.00745 e. The van der Waals surface area contributed by atoms with E-state index < -0.39 is 0 Å². The molecule has 0 aromatic heterocycles. The van der Waals surface area contributed by atoms with Gasteiger partial charge in [-0.05, 0) is 25.3 Å². The largest absolute Gasteiger partial charge is 0.329 e. The third kappa shape index (κ3) is 14.0. The first-order chi connectivity index (χ1) is 8.81. The van der Waals surface area contributed by atoms with Crippen molar-refractivity contribution in [3.8, 4) is 0 Å². The van der Waals surface area contributed by atoms with Gasteiger partial charge in [-0.15, -0.1) is 0 Å². The van der Waals surface area contributed by atoms with Crippen molar-refractivity contribution in [3.63, 3.8) is 0 Å². The zero-order valence-corrected chi connectivity index (χ0v) is 12.8. The highest BCUT2D eigenvalue weighted by atomic mass is 14.9. The van der Waals surface area contributed by atoms with Gasteiger partial charge in [-0.3, -0.25) is 0 Å². The molecule has 0 saturated carbocycles. The number of hydrogen-bond acceptors (Lipinski definition) is 2. The summed E-state index contributed by atoms with van der Waals surface area (Å²) >= 11 is 0. The van der Waals surface area contributed by atoms with Crippen LogP contribution in [0.4, 0.5) is 0 Å². The molecule has 0 bridgehead atoms. The van der Waals surface area contributed by atoms with Crippen LogP contribution in [0.2, 0.25) is 0 Å². The summed E-state index contributed by atoms with van der Waals surface area (Å²) in [6.45, 7) is 7.54. The fourth-order valence-electron chi connectivity index (χ4n) is 2.40. The molecule has 0 amide bonds. The van der Waals surface area contributed by atoms with E-state index >= 15 is 0 Å². The lowest BCUT2D eigenvalue weighted by atomic mass is 9.97. The molecule has 0 aromatic rings. The van der Waals surface area contributed by atoms with E-state index in [9.17, 15) is 0 Å². The second kappa shape index (κ2) is 15.0. The van der Waals surface area contributed by atoms with E-state index in [1.54, 1.807) is 0 Å². The third-order valence-corrected chi connectivity index (χ3v) is 3.67. The fraction of sp³-hybridized carbons (Fsp3) is 1.00. The summed E-state index contributed by atoms with van der Waals surface area (Å²) < 4.78 is 0. The molecule has 2 heteroatoms. The Kier molecular flexibility index (Phi) is 14.9. The predicted molar refractivity (Wildman–Crippen MR) is 82.9 cm³/mol. The van der Waals surface area contributed by atoms with Crippen LogP contribution < -0.4 is 11.1 Å². The average molecular weight is 256 g/mol. The summed E-state index contributed by atoms with van der Waals surface area (Å²) in [6.07, 6.45) is 14.1. The number of rotatable bonds is 14. The molecule has 18 heavy (non-hydrogen) atoms. The van der Waals surface area contributed by atoms with Gasteiger partial charge in [0.15, 0.2) is 0 Å². The first kappa shape index (κ1) is 17.9. The van der Waals surface area contributed by atoms with Crippen LogP contribution in [0.3, 0.4) is 0 Å². The second-order valence-electron chi connectivity index (χ2n) is 5.70. The zero-order chi connectivity index (χ0) is 13.5. The van der Waals surface area contributed by atoms with Crippen LogP contribution in [-0.4, -0.2) is 19.6 Å². The Morgan fingerprint density at radius 2 is 1.44 bits per heavy atom. The van der Waals surface area contributed by atoms with Gasteiger partial charge in [0, 0.05) is 13.1 Å². The van der Waals surface area contributed by atoms with Gasteiger partial charge in [0.05, 0.1) is 0 Å². The molecule has 110 valence electrons. The van der Waals surface area contributed by atoms with Crippen LogP contribution in [-0.2, 0) is 0 Å². The molecule has 0 radical (unpaired) electrons. The minimum absolute atomic E-state index is 0.758. The molecule has 0 aliphatic carbocycles. The van der Waals surface area contributed by atoms with Crippen LogP contribution in [0.15, 0.2) is 0 Å². The van der Waals surface area contributed by atoms with Gasteiger partial charge in [0.1, 0.15) is 0 Å². The van der Waals surface area contributed by atoms with Gasteiger partial charge >= 0.3 is 0 Å². The van der Waals surface area contributed by atoms with Crippen LogP contribution in [0.25, 0.3) is 0 Å². The molecule has 0 aromatic carbocycles. The highest BCUT2D eigenvalue weighted by Crippen LogP contribution is 2.16. The minimum atomic E-state index is 0.758. The van der Waals surface area contributed by atoms with Crippen molar-refractivity contribution in [2.45, 2.75) is 78.1 Å². The zero-order valence-electron chi connectivity index (χ0n) is 12.8. The summed E-state index contributed by atoms with van der Waals surface area (Å²) in [6, 6.07) is 0. The van der Waals surface area contributed by atoms with Gasteiger partial charge in [-0.25, -0.2) is 0 Å². The Hall–Kier alpha value is -0.0800. The molecule has 0 aliphatic rings. The standard InChI is InChI=1S/C16H36N2/c1-3-4-5-6-7-8-9-11-16(2)12-10-14-18-15-13-17/h16,18H,3-15,17H2,1-2H3. The molecule has 1 atom stereocenters. The quantitative estimate of drug-likeness (QED) is 0.459. The van der Waals surface area contributed by atoms with E-state index in [0.29, 0.717) is 0 Å². The molecular formula is C16H36N2. The molecule has 1 unspecified atom stereocenters. The molecule has 0 heterocycles. The molecule has 3 N–H and O–H groups in total. The topological polar surface area (TPSA) is 38.0 Å². The fourth-order valence-corrected chi connectivity index (χ4v) is 2.40. The van der Waals surface area contributed by atoms with Gasteiger partial charge in [0.25, 0.3) is 0 Å². The SMILES string of the molecule is CCCCCCCCCC(C)CCCNCCN. The summed E-state index contributed by atoms with van der Waals surface area (Å²) in [5, 5.41) is 3.36. The van der Waals surface area contributed by atoms with Crippen molar-refractivity contribution in [3.05, 3.63) is 0 Å². The lowest BCUT2D eigenvalue weighted by molar-refractivity contribution is 0.437. The summed E-state index contributed by atoms with van der Waals surface area (Å²) in [7, 11) is 0. The van der Waals surface area contributed by atoms with Crippen LogP contribution in [0.1, 0.15) is 78.1 Å². The molecule has 0 rings (SSSR count). The van der Waals surface area contributed by atoms with Crippen molar-refractivity contribution in [2.75, 3.05) is 19.6 Å². The third-order valence-electron chi connectivity index (χ3n) is 3.67. The van der Waals surface area contributed by atoms with Gasteiger partial charge in [-0.2, -0.15) is 0 Å². The first-order valence-corrected chi connectivity index (χ1v) is 8.22. The molecule has 0 spiro atoms. The van der Waals surface area contributed by atoms with Crippen molar-refractivity contribution >= 4 is 0 Å². The second-order valence-corrected chi connectivity index (χ2v) is 5.70. The molecule has 0 saturated heterocycles. The highest BCUT2D eigenvalue weighted by molar-refractivity contribution is 4.57. The number of nitrogens with one attached hydrogen (secondary N) is 1. The van der Waals surface area contributed by atoms with Gasteiger partial charge < -0.3 is 11.1 Å². The lowest BCUT2D eigenvalue weighted by Gasteiger charge is -2.11. The maximum Gasteiger partial charge on any atom is 0.00745 e. The molecule has 0 aliphatic heterocycles. The summed E-state index contributed by atoms with van der Waals surface area (Å²) in [5.41, 5.74) is 5.43.